The first kappa shape index (κ1) is 16.2. The molecule has 4 rings (SSSR count). The lowest BCUT2D eigenvalue weighted by atomic mass is 10.1. The quantitative estimate of drug-likeness (QED) is 0.521. The molecule has 0 aliphatic rings. The van der Waals surface area contributed by atoms with Gasteiger partial charge in [0.25, 0.3) is 0 Å². The molecule has 0 saturated carbocycles. The van der Waals surface area contributed by atoms with E-state index in [2.05, 4.69) is 26.8 Å². The van der Waals surface area contributed by atoms with Crippen LogP contribution in [0.1, 0.15) is 17.1 Å². The number of hydrogen-bond acceptors (Lipinski definition) is 2. The van der Waals surface area contributed by atoms with Gasteiger partial charge in [-0.1, -0.05) is 29.3 Å². The van der Waals surface area contributed by atoms with Gasteiger partial charge in [-0.3, -0.25) is 4.98 Å². The normalized spacial score (nSPS) is 11.3. The molecule has 3 aromatic heterocycles. The molecule has 4 nitrogen and oxygen atoms in total. The first-order valence-electron chi connectivity index (χ1n) is 7.95. The molecule has 0 unspecified atom stereocenters. The molecule has 6 heteroatoms. The summed E-state index contributed by atoms with van der Waals surface area (Å²) in [5, 5.41) is 2.44. The molecule has 25 heavy (non-hydrogen) atoms. The Hall–Kier alpha value is -2.30. The van der Waals surface area contributed by atoms with Crippen LogP contribution in [0.2, 0.25) is 10.0 Å². The molecule has 0 spiro atoms. The van der Waals surface area contributed by atoms with E-state index in [-0.39, 0.29) is 0 Å². The minimum atomic E-state index is 0.599. The van der Waals surface area contributed by atoms with Gasteiger partial charge in [0, 0.05) is 53.7 Å². The highest BCUT2D eigenvalue weighted by Gasteiger charge is 2.12. The van der Waals surface area contributed by atoms with Crippen molar-refractivity contribution < 1.29 is 0 Å². The molecule has 0 fully saturated rings. The SMILES string of the molecule is Cn1ccnc1Cn1ccc2c(Cc3c(Cl)cccc3Cl)nccc21. The van der Waals surface area contributed by atoms with Crippen molar-refractivity contribution in [3.05, 3.63) is 82.2 Å². The van der Waals surface area contributed by atoms with E-state index in [0.717, 1.165) is 28.0 Å². The zero-order valence-electron chi connectivity index (χ0n) is 13.7. The summed E-state index contributed by atoms with van der Waals surface area (Å²) in [5.74, 6) is 1.00. The van der Waals surface area contributed by atoms with Crippen molar-refractivity contribution in [1.82, 2.24) is 19.1 Å². The van der Waals surface area contributed by atoms with Gasteiger partial charge in [-0.05, 0) is 29.8 Å². The first-order chi connectivity index (χ1) is 12.1. The average molecular weight is 371 g/mol. The summed E-state index contributed by atoms with van der Waals surface area (Å²) < 4.78 is 4.20. The molecule has 0 bridgehead atoms. The number of pyridine rings is 1. The summed E-state index contributed by atoms with van der Waals surface area (Å²) in [5.41, 5.74) is 2.99. The smallest absolute Gasteiger partial charge is 0.128 e. The van der Waals surface area contributed by atoms with Gasteiger partial charge in [-0.2, -0.15) is 0 Å². The highest BCUT2D eigenvalue weighted by Crippen LogP contribution is 2.29. The number of nitrogens with zero attached hydrogens (tertiary/aromatic N) is 4. The first-order valence-corrected chi connectivity index (χ1v) is 8.71. The fraction of sp³-hybridized carbons (Fsp3) is 0.158. The molecule has 1 aromatic carbocycles. The highest BCUT2D eigenvalue weighted by atomic mass is 35.5. The van der Waals surface area contributed by atoms with Gasteiger partial charge in [0.2, 0.25) is 0 Å². The van der Waals surface area contributed by atoms with Crippen LogP contribution in [0.3, 0.4) is 0 Å². The van der Waals surface area contributed by atoms with Crippen molar-refractivity contribution in [2.75, 3.05) is 0 Å². The Morgan fingerprint density at radius 2 is 1.76 bits per heavy atom. The molecule has 0 aliphatic carbocycles. The third-order valence-corrected chi connectivity index (χ3v) is 5.13. The Bertz CT molecular complexity index is 1030. The van der Waals surface area contributed by atoms with Gasteiger partial charge in [0.05, 0.1) is 17.8 Å². The van der Waals surface area contributed by atoms with Gasteiger partial charge in [0.15, 0.2) is 0 Å². The van der Waals surface area contributed by atoms with Crippen LogP contribution in [-0.2, 0) is 20.0 Å². The maximum Gasteiger partial charge on any atom is 0.128 e. The summed E-state index contributed by atoms with van der Waals surface area (Å²) in [7, 11) is 2.00. The van der Waals surface area contributed by atoms with E-state index in [4.69, 9.17) is 23.2 Å². The van der Waals surface area contributed by atoms with Crippen molar-refractivity contribution >= 4 is 34.1 Å². The van der Waals surface area contributed by atoms with Crippen molar-refractivity contribution in [2.24, 2.45) is 7.05 Å². The van der Waals surface area contributed by atoms with Crippen LogP contribution in [0.25, 0.3) is 10.9 Å². The lowest BCUT2D eigenvalue weighted by Gasteiger charge is -2.09. The van der Waals surface area contributed by atoms with E-state index in [0.29, 0.717) is 23.0 Å². The molecule has 126 valence electrons. The monoisotopic (exact) mass is 370 g/mol. The van der Waals surface area contributed by atoms with Crippen LogP contribution in [0.4, 0.5) is 0 Å². The van der Waals surface area contributed by atoms with E-state index in [1.54, 1.807) is 0 Å². The maximum absolute atomic E-state index is 6.32. The summed E-state index contributed by atoms with van der Waals surface area (Å²) in [4.78, 5) is 8.96. The van der Waals surface area contributed by atoms with E-state index < -0.39 is 0 Å². The number of fused-ring (bicyclic) bond motifs is 1. The van der Waals surface area contributed by atoms with Crippen molar-refractivity contribution in [2.45, 2.75) is 13.0 Å². The maximum atomic E-state index is 6.32. The average Bonchev–Trinajstić information content (AvgIpc) is 3.19. The third kappa shape index (κ3) is 3.03. The van der Waals surface area contributed by atoms with Crippen molar-refractivity contribution in [1.29, 1.82) is 0 Å². The lowest BCUT2D eigenvalue weighted by molar-refractivity contribution is 0.718. The predicted octanol–water partition coefficient (Wildman–Crippen LogP) is 4.72. The zero-order chi connectivity index (χ0) is 17.4. The predicted molar refractivity (Wildman–Crippen MR) is 101 cm³/mol. The van der Waals surface area contributed by atoms with Crippen LogP contribution >= 0.6 is 23.2 Å². The molecule has 0 N–H and O–H groups in total. The van der Waals surface area contributed by atoms with E-state index >= 15 is 0 Å². The van der Waals surface area contributed by atoms with Crippen molar-refractivity contribution in [3.63, 3.8) is 0 Å². The van der Waals surface area contributed by atoms with Crippen LogP contribution < -0.4 is 0 Å². The molecular formula is C19H16Cl2N4. The van der Waals surface area contributed by atoms with Crippen LogP contribution in [-0.4, -0.2) is 19.1 Å². The highest BCUT2D eigenvalue weighted by molar-refractivity contribution is 6.36. The number of benzene rings is 1. The minimum absolute atomic E-state index is 0.599. The second-order valence-electron chi connectivity index (χ2n) is 5.97. The van der Waals surface area contributed by atoms with Crippen LogP contribution in [0, 0.1) is 0 Å². The second-order valence-corrected chi connectivity index (χ2v) is 6.78. The van der Waals surface area contributed by atoms with Crippen molar-refractivity contribution in [3.8, 4) is 0 Å². The lowest BCUT2D eigenvalue weighted by Crippen LogP contribution is -2.05. The fourth-order valence-electron chi connectivity index (χ4n) is 3.03. The number of halogens is 2. The molecule has 3 heterocycles. The Kier molecular flexibility index (Phi) is 4.24. The summed E-state index contributed by atoms with van der Waals surface area (Å²) in [6.07, 6.45) is 8.26. The molecule has 0 aliphatic heterocycles. The Morgan fingerprint density at radius 1 is 0.960 bits per heavy atom. The van der Waals surface area contributed by atoms with E-state index in [1.165, 1.54) is 0 Å². The minimum Gasteiger partial charge on any atom is -0.340 e. The second kappa shape index (κ2) is 6.54. The molecule has 0 saturated heterocycles. The molecule has 0 atom stereocenters. The van der Waals surface area contributed by atoms with E-state index in [1.807, 2.05) is 54.5 Å². The largest absolute Gasteiger partial charge is 0.340 e. The Balaban J connectivity index is 1.73. The molecule has 0 amide bonds. The van der Waals surface area contributed by atoms with Crippen LogP contribution in [0.5, 0.6) is 0 Å². The molecular weight excluding hydrogens is 355 g/mol. The summed E-state index contributed by atoms with van der Waals surface area (Å²) >= 11 is 12.6. The molecule has 0 radical (unpaired) electrons. The number of aryl methyl sites for hydroxylation is 1. The summed E-state index contributed by atoms with van der Waals surface area (Å²) in [6.45, 7) is 0.712. The zero-order valence-corrected chi connectivity index (χ0v) is 15.2. The molecule has 4 aromatic rings. The van der Waals surface area contributed by atoms with Gasteiger partial charge < -0.3 is 9.13 Å². The number of hydrogen-bond donors (Lipinski definition) is 0. The topological polar surface area (TPSA) is 35.6 Å². The van der Waals surface area contributed by atoms with Gasteiger partial charge in [-0.25, -0.2) is 4.98 Å². The Labute approximate surface area is 155 Å². The van der Waals surface area contributed by atoms with Gasteiger partial charge in [0.1, 0.15) is 5.82 Å². The number of rotatable bonds is 4. The Morgan fingerprint density at radius 3 is 2.48 bits per heavy atom. The summed E-state index contributed by atoms with van der Waals surface area (Å²) in [6, 6.07) is 9.68. The number of imidazole rings is 1. The number of aromatic nitrogens is 4. The fourth-order valence-corrected chi connectivity index (χ4v) is 3.56. The standard InChI is InChI=1S/C19H16Cl2N4/c1-24-10-8-23-19(24)12-25-9-6-13-17(22-7-5-18(13)25)11-14-15(20)3-2-4-16(14)21/h2-10H,11-12H2,1H3. The van der Waals surface area contributed by atoms with E-state index in [9.17, 15) is 0 Å². The van der Waals surface area contributed by atoms with Crippen LogP contribution in [0.15, 0.2) is 55.1 Å². The van der Waals surface area contributed by atoms with Gasteiger partial charge in [-0.15, -0.1) is 0 Å². The van der Waals surface area contributed by atoms with Gasteiger partial charge >= 0.3 is 0 Å². The third-order valence-electron chi connectivity index (χ3n) is 4.42.